The fraction of sp³-hybridized carbons (Fsp3) is 0.667. The van der Waals surface area contributed by atoms with E-state index in [1.807, 2.05) is 12.2 Å². The molecule has 0 bridgehead atoms. The van der Waals surface area contributed by atoms with Gasteiger partial charge in [0.25, 0.3) is 0 Å². The first kappa shape index (κ1) is 16.0. The van der Waals surface area contributed by atoms with Gasteiger partial charge in [-0.15, -0.1) is 6.58 Å². The quantitative estimate of drug-likeness (QED) is 0.321. The average molecular weight is 238 g/mol. The van der Waals surface area contributed by atoms with Crippen LogP contribution in [0, 0.1) is 0 Å². The van der Waals surface area contributed by atoms with Crippen LogP contribution in [0.1, 0.15) is 64.7 Å². The van der Waals surface area contributed by atoms with Gasteiger partial charge in [0.2, 0.25) is 0 Å². The van der Waals surface area contributed by atoms with Gasteiger partial charge in [0.15, 0.2) is 0 Å². The molecule has 0 saturated heterocycles. The maximum absolute atomic E-state index is 10.5. The van der Waals surface area contributed by atoms with Gasteiger partial charge in [-0.1, -0.05) is 44.3 Å². The van der Waals surface area contributed by atoms with Crippen LogP contribution >= 0.6 is 0 Å². The van der Waals surface area contributed by atoms with Crippen LogP contribution in [0.5, 0.6) is 0 Å². The second-order valence-electron chi connectivity index (χ2n) is 4.53. The summed E-state index contributed by atoms with van der Waals surface area (Å²) in [6.45, 7) is 5.36. The maximum Gasteiger partial charge on any atom is 0.330 e. The Labute approximate surface area is 105 Å². The first-order chi connectivity index (χ1) is 8.18. The predicted molar refractivity (Wildman–Crippen MR) is 73.1 cm³/mol. The smallest absolute Gasteiger partial charge is 0.330 e. The van der Waals surface area contributed by atoms with Crippen molar-refractivity contribution in [3.05, 3.63) is 24.3 Å². The molecule has 0 saturated carbocycles. The van der Waals surface area contributed by atoms with Crippen LogP contribution in [0.2, 0.25) is 0 Å². The van der Waals surface area contributed by atoms with Crippen LogP contribution in [-0.2, 0) is 4.79 Å². The number of carboxylic acid groups (broad SMARTS) is 1. The zero-order chi connectivity index (χ0) is 12.9. The Bertz CT molecular complexity index is 241. The SMILES string of the molecule is C=CCCCCCCCCCC=C(C)C(=O)O. The lowest BCUT2D eigenvalue weighted by Gasteiger charge is -2.00. The average Bonchev–Trinajstić information content (AvgIpc) is 2.31. The molecule has 1 N–H and O–H groups in total. The highest BCUT2D eigenvalue weighted by Gasteiger charge is 1.97. The van der Waals surface area contributed by atoms with Crippen molar-refractivity contribution in [2.75, 3.05) is 0 Å². The van der Waals surface area contributed by atoms with Gasteiger partial charge < -0.3 is 5.11 Å². The third-order valence-electron chi connectivity index (χ3n) is 2.90. The number of carboxylic acids is 1. The molecule has 98 valence electrons. The lowest BCUT2D eigenvalue weighted by Crippen LogP contribution is -1.95. The summed E-state index contributed by atoms with van der Waals surface area (Å²) < 4.78 is 0. The molecule has 0 aliphatic carbocycles. The maximum atomic E-state index is 10.5. The van der Waals surface area contributed by atoms with Crippen LogP contribution in [0.25, 0.3) is 0 Å². The fourth-order valence-corrected chi connectivity index (χ4v) is 1.72. The highest BCUT2D eigenvalue weighted by Crippen LogP contribution is 2.10. The molecule has 0 aromatic heterocycles. The van der Waals surface area contributed by atoms with E-state index >= 15 is 0 Å². The minimum atomic E-state index is -0.799. The third-order valence-corrected chi connectivity index (χ3v) is 2.90. The number of hydrogen-bond acceptors (Lipinski definition) is 1. The van der Waals surface area contributed by atoms with Gasteiger partial charge in [-0.05, 0) is 32.6 Å². The number of rotatable bonds is 11. The monoisotopic (exact) mass is 238 g/mol. The number of allylic oxidation sites excluding steroid dienone is 2. The topological polar surface area (TPSA) is 37.3 Å². The number of hydrogen-bond donors (Lipinski definition) is 1. The van der Waals surface area contributed by atoms with E-state index in [1.165, 1.54) is 38.5 Å². The summed E-state index contributed by atoms with van der Waals surface area (Å²) in [5, 5.41) is 8.65. The Morgan fingerprint density at radius 3 is 1.94 bits per heavy atom. The van der Waals surface area contributed by atoms with Gasteiger partial charge in [0, 0.05) is 5.57 Å². The highest BCUT2D eigenvalue weighted by atomic mass is 16.4. The van der Waals surface area contributed by atoms with Crippen molar-refractivity contribution in [1.82, 2.24) is 0 Å². The van der Waals surface area contributed by atoms with E-state index in [9.17, 15) is 4.79 Å². The largest absolute Gasteiger partial charge is 0.478 e. The first-order valence-corrected chi connectivity index (χ1v) is 6.69. The summed E-state index contributed by atoms with van der Waals surface area (Å²) in [7, 11) is 0. The molecular formula is C15H26O2. The third kappa shape index (κ3) is 11.2. The molecule has 0 aliphatic rings. The lowest BCUT2D eigenvalue weighted by molar-refractivity contribution is -0.132. The zero-order valence-electron chi connectivity index (χ0n) is 11.1. The van der Waals surface area contributed by atoms with E-state index in [1.54, 1.807) is 6.92 Å². The second-order valence-corrected chi connectivity index (χ2v) is 4.53. The van der Waals surface area contributed by atoms with Crippen LogP contribution in [0.4, 0.5) is 0 Å². The van der Waals surface area contributed by atoms with Crippen LogP contribution in [0.3, 0.4) is 0 Å². The van der Waals surface area contributed by atoms with Crippen molar-refractivity contribution in [2.24, 2.45) is 0 Å². The van der Waals surface area contributed by atoms with E-state index in [4.69, 9.17) is 5.11 Å². The second kappa shape index (κ2) is 11.4. The normalized spacial score (nSPS) is 11.5. The Hall–Kier alpha value is -1.05. The van der Waals surface area contributed by atoms with E-state index in [-0.39, 0.29) is 0 Å². The molecule has 0 rings (SSSR count). The van der Waals surface area contributed by atoms with E-state index < -0.39 is 5.97 Å². The van der Waals surface area contributed by atoms with Gasteiger partial charge in [-0.25, -0.2) is 4.79 Å². The zero-order valence-corrected chi connectivity index (χ0v) is 11.1. The summed E-state index contributed by atoms with van der Waals surface area (Å²) in [6, 6.07) is 0. The van der Waals surface area contributed by atoms with Crippen LogP contribution < -0.4 is 0 Å². The molecule has 0 amide bonds. The van der Waals surface area contributed by atoms with Crippen LogP contribution in [-0.4, -0.2) is 11.1 Å². The molecule has 0 atom stereocenters. The highest BCUT2D eigenvalue weighted by molar-refractivity contribution is 5.85. The number of aliphatic carboxylic acids is 1. The minimum absolute atomic E-state index is 0.467. The molecular weight excluding hydrogens is 212 g/mol. The van der Waals surface area contributed by atoms with Crippen molar-refractivity contribution < 1.29 is 9.90 Å². The van der Waals surface area contributed by atoms with Crippen LogP contribution in [0.15, 0.2) is 24.3 Å². The van der Waals surface area contributed by atoms with Gasteiger partial charge in [0.05, 0.1) is 0 Å². The molecule has 0 fully saturated rings. The Balaban J connectivity index is 3.21. The van der Waals surface area contributed by atoms with Crippen molar-refractivity contribution in [3.63, 3.8) is 0 Å². The van der Waals surface area contributed by atoms with Gasteiger partial charge in [0.1, 0.15) is 0 Å². The molecule has 17 heavy (non-hydrogen) atoms. The Kier molecular flexibility index (Phi) is 10.7. The molecule has 2 nitrogen and oxygen atoms in total. The number of carbonyl (C=O) groups is 1. The summed E-state index contributed by atoms with van der Waals surface area (Å²) in [5.74, 6) is -0.799. The summed E-state index contributed by atoms with van der Waals surface area (Å²) in [4.78, 5) is 10.5. The summed E-state index contributed by atoms with van der Waals surface area (Å²) in [5.41, 5.74) is 0.467. The van der Waals surface area contributed by atoms with Crippen molar-refractivity contribution in [1.29, 1.82) is 0 Å². The van der Waals surface area contributed by atoms with Gasteiger partial charge in [-0.3, -0.25) is 0 Å². The summed E-state index contributed by atoms with van der Waals surface area (Å²) in [6.07, 6.45) is 14.6. The Morgan fingerprint density at radius 1 is 1.00 bits per heavy atom. The van der Waals surface area contributed by atoms with E-state index in [0.717, 1.165) is 19.3 Å². The molecule has 0 aliphatic heterocycles. The standard InChI is InChI=1S/C15H26O2/c1-3-4-5-6-7-8-9-10-11-12-13-14(2)15(16)17/h3,13H,1,4-12H2,2H3,(H,16,17). The summed E-state index contributed by atoms with van der Waals surface area (Å²) >= 11 is 0. The van der Waals surface area contributed by atoms with Gasteiger partial charge in [-0.2, -0.15) is 0 Å². The first-order valence-electron chi connectivity index (χ1n) is 6.69. The van der Waals surface area contributed by atoms with Crippen molar-refractivity contribution in [3.8, 4) is 0 Å². The lowest BCUT2D eigenvalue weighted by atomic mass is 10.1. The molecule has 0 aromatic carbocycles. The van der Waals surface area contributed by atoms with E-state index in [2.05, 4.69) is 6.58 Å². The predicted octanol–water partition coefficient (Wildman–Crippen LogP) is 4.71. The van der Waals surface area contributed by atoms with E-state index in [0.29, 0.717) is 5.57 Å². The molecule has 0 radical (unpaired) electrons. The molecule has 2 heteroatoms. The van der Waals surface area contributed by atoms with Crippen molar-refractivity contribution in [2.45, 2.75) is 64.7 Å². The fourth-order valence-electron chi connectivity index (χ4n) is 1.72. The molecule has 0 unspecified atom stereocenters. The number of unbranched alkanes of at least 4 members (excludes halogenated alkanes) is 8. The van der Waals surface area contributed by atoms with Gasteiger partial charge >= 0.3 is 5.97 Å². The Morgan fingerprint density at radius 2 is 1.47 bits per heavy atom. The molecule has 0 heterocycles. The minimum Gasteiger partial charge on any atom is -0.478 e. The molecule has 0 spiro atoms. The van der Waals surface area contributed by atoms with Crippen molar-refractivity contribution >= 4 is 5.97 Å². The molecule has 0 aromatic rings.